The lowest BCUT2D eigenvalue weighted by molar-refractivity contribution is 0.549. The van der Waals surface area contributed by atoms with Gasteiger partial charge in [-0.2, -0.15) is 5.26 Å². The molecular formula is C12H17NOSi. The van der Waals surface area contributed by atoms with E-state index in [1.165, 1.54) is 0 Å². The monoisotopic (exact) mass is 219 g/mol. The summed E-state index contributed by atoms with van der Waals surface area (Å²) in [4.78, 5) is 0. The van der Waals surface area contributed by atoms with Gasteiger partial charge in [0.05, 0.1) is 6.07 Å². The Labute approximate surface area is 92.6 Å². The average molecular weight is 219 g/mol. The van der Waals surface area contributed by atoms with E-state index in [0.717, 1.165) is 17.7 Å². The average Bonchev–Trinajstić information content (AvgIpc) is 2.14. The van der Waals surface area contributed by atoms with Gasteiger partial charge in [0.15, 0.2) is 0 Å². The Morgan fingerprint density at radius 2 is 1.93 bits per heavy atom. The van der Waals surface area contributed by atoms with Gasteiger partial charge in [-0.1, -0.05) is 18.2 Å². The Balaban J connectivity index is 2.82. The lowest BCUT2D eigenvalue weighted by Crippen LogP contribution is -2.29. The number of hydrogen-bond donors (Lipinski definition) is 0. The summed E-state index contributed by atoms with van der Waals surface area (Å²) in [6.07, 6.45) is 1.32. The van der Waals surface area contributed by atoms with Gasteiger partial charge in [-0.25, -0.2) is 0 Å². The Kier molecular flexibility index (Phi) is 3.93. The minimum Gasteiger partial charge on any atom is -0.544 e. The van der Waals surface area contributed by atoms with Crippen LogP contribution in [0.5, 0.6) is 5.75 Å². The molecule has 0 fully saturated rings. The molecule has 0 amide bonds. The smallest absolute Gasteiger partial charge is 0.242 e. The molecule has 0 radical (unpaired) electrons. The number of hydrogen-bond acceptors (Lipinski definition) is 2. The van der Waals surface area contributed by atoms with Crippen molar-refractivity contribution < 1.29 is 4.43 Å². The van der Waals surface area contributed by atoms with Crippen molar-refractivity contribution in [2.24, 2.45) is 0 Å². The van der Waals surface area contributed by atoms with Gasteiger partial charge in [-0.3, -0.25) is 0 Å². The number of rotatable bonds is 4. The fourth-order valence-corrected chi connectivity index (χ4v) is 2.19. The second kappa shape index (κ2) is 4.99. The third-order valence-electron chi connectivity index (χ3n) is 1.89. The van der Waals surface area contributed by atoms with E-state index in [1.54, 1.807) is 0 Å². The molecular weight excluding hydrogens is 202 g/mol. The van der Waals surface area contributed by atoms with Crippen LogP contribution in [0.1, 0.15) is 12.0 Å². The maximum Gasteiger partial charge on any atom is 0.242 e. The van der Waals surface area contributed by atoms with Crippen LogP contribution in [0.3, 0.4) is 0 Å². The third kappa shape index (κ3) is 4.18. The SMILES string of the molecule is C[Si](C)(C)Oc1ccccc1CCC#N. The highest BCUT2D eigenvalue weighted by molar-refractivity contribution is 6.70. The molecule has 0 saturated carbocycles. The van der Waals surface area contributed by atoms with E-state index in [9.17, 15) is 0 Å². The second-order valence-corrected chi connectivity index (χ2v) is 8.91. The molecule has 80 valence electrons. The van der Waals surface area contributed by atoms with Crippen LogP contribution in [0.2, 0.25) is 19.6 Å². The first-order valence-corrected chi connectivity index (χ1v) is 8.57. The fraction of sp³-hybridized carbons (Fsp3) is 0.417. The van der Waals surface area contributed by atoms with E-state index < -0.39 is 8.32 Å². The van der Waals surface area contributed by atoms with Gasteiger partial charge < -0.3 is 4.43 Å². The van der Waals surface area contributed by atoms with E-state index >= 15 is 0 Å². The summed E-state index contributed by atoms with van der Waals surface area (Å²) in [5, 5.41) is 8.57. The molecule has 15 heavy (non-hydrogen) atoms. The van der Waals surface area contributed by atoms with Crippen molar-refractivity contribution in [3.63, 3.8) is 0 Å². The van der Waals surface area contributed by atoms with Crippen molar-refractivity contribution in [3.05, 3.63) is 29.8 Å². The molecule has 1 aromatic carbocycles. The number of aryl methyl sites for hydroxylation is 1. The topological polar surface area (TPSA) is 33.0 Å². The second-order valence-electron chi connectivity index (χ2n) is 4.48. The first-order valence-electron chi connectivity index (χ1n) is 5.17. The molecule has 0 aromatic heterocycles. The number of benzene rings is 1. The number of para-hydroxylation sites is 1. The van der Waals surface area contributed by atoms with Crippen molar-refractivity contribution in [2.75, 3.05) is 0 Å². The zero-order chi connectivity index (χ0) is 11.3. The summed E-state index contributed by atoms with van der Waals surface area (Å²) in [5.41, 5.74) is 1.14. The zero-order valence-electron chi connectivity index (χ0n) is 9.58. The molecule has 0 aliphatic rings. The molecule has 3 heteroatoms. The van der Waals surface area contributed by atoms with Gasteiger partial charge in [0.1, 0.15) is 5.75 Å². The van der Waals surface area contributed by atoms with E-state index in [-0.39, 0.29) is 0 Å². The van der Waals surface area contributed by atoms with Gasteiger partial charge >= 0.3 is 0 Å². The van der Waals surface area contributed by atoms with E-state index in [0.29, 0.717) is 6.42 Å². The summed E-state index contributed by atoms with van der Waals surface area (Å²) in [6, 6.07) is 10.2. The molecule has 0 spiro atoms. The summed E-state index contributed by atoms with van der Waals surface area (Å²) in [7, 11) is -1.55. The van der Waals surface area contributed by atoms with Crippen LogP contribution < -0.4 is 4.43 Å². The molecule has 0 saturated heterocycles. The molecule has 0 atom stereocenters. The lowest BCUT2D eigenvalue weighted by Gasteiger charge is -2.21. The predicted octanol–water partition coefficient (Wildman–Crippen LogP) is 3.36. The van der Waals surface area contributed by atoms with Crippen LogP contribution in [0.25, 0.3) is 0 Å². The molecule has 0 aliphatic carbocycles. The Hall–Kier alpha value is -1.27. The summed E-state index contributed by atoms with van der Waals surface area (Å²) >= 11 is 0. The maximum atomic E-state index is 8.57. The van der Waals surface area contributed by atoms with Crippen molar-refractivity contribution in [1.29, 1.82) is 5.26 Å². The number of nitriles is 1. The Bertz CT molecular complexity index is 363. The van der Waals surface area contributed by atoms with Crippen molar-refractivity contribution in [3.8, 4) is 11.8 Å². The Morgan fingerprint density at radius 3 is 2.53 bits per heavy atom. The molecule has 0 N–H and O–H groups in total. The minimum atomic E-state index is -1.55. The first-order chi connectivity index (χ1) is 7.03. The molecule has 0 bridgehead atoms. The lowest BCUT2D eigenvalue weighted by atomic mass is 10.1. The highest BCUT2D eigenvalue weighted by Gasteiger charge is 2.17. The van der Waals surface area contributed by atoms with Crippen molar-refractivity contribution in [1.82, 2.24) is 0 Å². The zero-order valence-corrected chi connectivity index (χ0v) is 10.6. The van der Waals surface area contributed by atoms with Crippen molar-refractivity contribution in [2.45, 2.75) is 32.5 Å². The van der Waals surface area contributed by atoms with Gasteiger partial charge in [-0.15, -0.1) is 0 Å². The molecule has 2 nitrogen and oxygen atoms in total. The Morgan fingerprint density at radius 1 is 1.27 bits per heavy atom. The van der Waals surface area contributed by atoms with Gasteiger partial charge in [0.25, 0.3) is 0 Å². The summed E-state index contributed by atoms with van der Waals surface area (Å²) in [6.45, 7) is 6.48. The standard InChI is InChI=1S/C12H17NOSi/c1-15(2,3)14-12-9-5-4-7-11(12)8-6-10-13/h4-5,7,9H,6,8H2,1-3H3. The van der Waals surface area contributed by atoms with Crippen LogP contribution in [-0.2, 0) is 6.42 Å². The highest BCUT2D eigenvalue weighted by atomic mass is 28.4. The molecule has 0 unspecified atom stereocenters. The molecule has 0 aliphatic heterocycles. The van der Waals surface area contributed by atoms with E-state index in [4.69, 9.17) is 9.69 Å². The van der Waals surface area contributed by atoms with Gasteiger partial charge in [0, 0.05) is 6.42 Å². The normalized spacial score (nSPS) is 10.8. The first kappa shape index (κ1) is 11.8. The van der Waals surface area contributed by atoms with Crippen LogP contribution in [-0.4, -0.2) is 8.32 Å². The van der Waals surface area contributed by atoms with Crippen LogP contribution in [0.15, 0.2) is 24.3 Å². The third-order valence-corrected chi connectivity index (χ3v) is 2.73. The van der Waals surface area contributed by atoms with E-state index in [2.05, 4.69) is 25.7 Å². The molecule has 1 rings (SSSR count). The maximum absolute atomic E-state index is 8.57. The largest absolute Gasteiger partial charge is 0.544 e. The van der Waals surface area contributed by atoms with Gasteiger partial charge in [-0.05, 0) is 37.7 Å². The molecule has 0 heterocycles. The van der Waals surface area contributed by atoms with E-state index in [1.807, 2.05) is 24.3 Å². The number of nitrogens with zero attached hydrogens (tertiary/aromatic N) is 1. The van der Waals surface area contributed by atoms with Crippen molar-refractivity contribution >= 4 is 8.32 Å². The fourth-order valence-electron chi connectivity index (χ4n) is 1.33. The predicted molar refractivity (Wildman–Crippen MR) is 64.4 cm³/mol. The summed E-state index contributed by atoms with van der Waals surface area (Å²) < 4.78 is 5.96. The van der Waals surface area contributed by atoms with Gasteiger partial charge in [0.2, 0.25) is 8.32 Å². The van der Waals surface area contributed by atoms with Crippen LogP contribution >= 0.6 is 0 Å². The summed E-state index contributed by atoms with van der Waals surface area (Å²) in [5.74, 6) is 0.951. The van der Waals surface area contributed by atoms with Crippen LogP contribution in [0, 0.1) is 11.3 Å². The quantitative estimate of drug-likeness (QED) is 0.727. The highest BCUT2D eigenvalue weighted by Crippen LogP contribution is 2.22. The molecule has 1 aromatic rings. The minimum absolute atomic E-state index is 0.548. The van der Waals surface area contributed by atoms with Crippen LogP contribution in [0.4, 0.5) is 0 Å².